The molecule has 0 unspecified atom stereocenters. The van der Waals surface area contributed by atoms with Gasteiger partial charge < -0.3 is 19.8 Å². The first-order valence-electron chi connectivity index (χ1n) is 10.7. The zero-order chi connectivity index (χ0) is 20.9. The van der Waals surface area contributed by atoms with E-state index in [9.17, 15) is 5.26 Å². The molecule has 1 saturated heterocycles. The number of aryl methyl sites for hydroxylation is 1. The number of aromatic nitrogens is 1. The third kappa shape index (κ3) is 2.99. The Labute approximate surface area is 177 Å². The first-order valence-corrected chi connectivity index (χ1v) is 10.7. The minimum Gasteiger partial charge on any atom is -0.398 e. The summed E-state index contributed by atoms with van der Waals surface area (Å²) in [5.41, 5.74) is 13.2. The highest BCUT2D eigenvalue weighted by molar-refractivity contribution is 5.98. The van der Waals surface area contributed by atoms with Crippen LogP contribution in [0.15, 0.2) is 36.5 Å². The monoisotopic (exact) mass is 401 g/mol. The Morgan fingerprint density at radius 2 is 1.83 bits per heavy atom. The average molecular weight is 402 g/mol. The van der Waals surface area contributed by atoms with Crippen LogP contribution in [0.3, 0.4) is 0 Å². The third-order valence-electron chi connectivity index (χ3n) is 6.89. The molecule has 1 aromatic heterocycles. The fourth-order valence-electron chi connectivity index (χ4n) is 5.09. The quantitative estimate of drug-likeness (QED) is 0.596. The molecule has 2 aromatic carbocycles. The van der Waals surface area contributed by atoms with Crippen molar-refractivity contribution in [1.29, 1.82) is 5.26 Å². The van der Waals surface area contributed by atoms with E-state index in [4.69, 9.17) is 15.2 Å². The van der Waals surface area contributed by atoms with E-state index < -0.39 is 0 Å². The Morgan fingerprint density at radius 1 is 1.10 bits per heavy atom. The van der Waals surface area contributed by atoms with Gasteiger partial charge in [-0.15, -0.1) is 0 Å². The second-order valence-corrected chi connectivity index (χ2v) is 8.60. The predicted octanol–water partition coefficient (Wildman–Crippen LogP) is 5.24. The molecule has 2 N–H and O–H groups in total. The smallest absolute Gasteiger partial charge is 0.168 e. The lowest BCUT2D eigenvalue weighted by molar-refractivity contribution is -0.181. The van der Waals surface area contributed by atoms with Crippen molar-refractivity contribution in [3.05, 3.63) is 53.2 Å². The molecule has 0 bridgehead atoms. The summed E-state index contributed by atoms with van der Waals surface area (Å²) in [6, 6.07) is 13.0. The molecule has 3 aromatic rings. The second-order valence-electron chi connectivity index (χ2n) is 8.60. The zero-order valence-corrected chi connectivity index (χ0v) is 17.6. The summed E-state index contributed by atoms with van der Waals surface area (Å²) in [5, 5.41) is 10.7. The van der Waals surface area contributed by atoms with Gasteiger partial charge in [-0.1, -0.05) is 12.1 Å². The molecule has 5 nitrogen and oxygen atoms in total. The van der Waals surface area contributed by atoms with Crippen LogP contribution in [0.25, 0.3) is 22.0 Å². The maximum absolute atomic E-state index is 9.61. The predicted molar refractivity (Wildman–Crippen MR) is 118 cm³/mol. The molecule has 5 rings (SSSR count). The minimum atomic E-state index is -0.364. The van der Waals surface area contributed by atoms with Crippen LogP contribution in [-0.4, -0.2) is 23.6 Å². The number of rotatable bonds is 2. The van der Waals surface area contributed by atoms with Gasteiger partial charge in [-0.05, 0) is 61.6 Å². The van der Waals surface area contributed by atoms with Gasteiger partial charge in [0.05, 0.1) is 24.8 Å². The van der Waals surface area contributed by atoms with Gasteiger partial charge in [-0.25, -0.2) is 0 Å². The summed E-state index contributed by atoms with van der Waals surface area (Å²) in [6.07, 6.45) is 6.11. The van der Waals surface area contributed by atoms with Crippen LogP contribution < -0.4 is 5.73 Å². The van der Waals surface area contributed by atoms with Gasteiger partial charge in [0.15, 0.2) is 5.79 Å². The summed E-state index contributed by atoms with van der Waals surface area (Å²) in [4.78, 5) is 0. The highest BCUT2D eigenvalue weighted by Crippen LogP contribution is 2.44. The Balaban J connectivity index is 1.63. The molecule has 1 saturated carbocycles. The van der Waals surface area contributed by atoms with Crippen molar-refractivity contribution >= 4 is 16.6 Å². The van der Waals surface area contributed by atoms with Crippen LogP contribution in [-0.2, 0) is 9.47 Å². The number of nitrogens with zero attached hydrogens (tertiary/aromatic N) is 2. The van der Waals surface area contributed by atoms with Crippen molar-refractivity contribution < 1.29 is 9.47 Å². The third-order valence-corrected chi connectivity index (χ3v) is 6.89. The molecule has 2 aliphatic rings. The van der Waals surface area contributed by atoms with Crippen molar-refractivity contribution in [3.63, 3.8) is 0 Å². The van der Waals surface area contributed by atoms with Crippen LogP contribution in [0.1, 0.15) is 48.4 Å². The number of hydrogen-bond acceptors (Lipinski definition) is 4. The maximum Gasteiger partial charge on any atom is 0.168 e. The molecule has 1 aliphatic heterocycles. The number of nitriles is 1. The van der Waals surface area contributed by atoms with Crippen molar-refractivity contribution in [2.75, 3.05) is 18.9 Å². The van der Waals surface area contributed by atoms with Crippen molar-refractivity contribution in [2.24, 2.45) is 0 Å². The number of nitrogens with two attached hydrogens (primary N) is 1. The van der Waals surface area contributed by atoms with E-state index in [1.807, 2.05) is 25.1 Å². The van der Waals surface area contributed by atoms with E-state index in [2.05, 4.69) is 35.9 Å². The summed E-state index contributed by atoms with van der Waals surface area (Å²) >= 11 is 0. The molecule has 30 heavy (non-hydrogen) atoms. The molecule has 0 radical (unpaired) electrons. The van der Waals surface area contributed by atoms with Gasteiger partial charge in [0.25, 0.3) is 0 Å². The number of nitrogen functional groups attached to an aromatic ring is 1. The van der Waals surface area contributed by atoms with E-state index in [1.54, 1.807) is 0 Å². The summed E-state index contributed by atoms with van der Waals surface area (Å²) in [7, 11) is 0. The van der Waals surface area contributed by atoms with E-state index in [-0.39, 0.29) is 5.79 Å². The molecule has 154 valence electrons. The van der Waals surface area contributed by atoms with E-state index in [1.165, 1.54) is 5.52 Å². The Hall–Kier alpha value is -2.81. The molecule has 1 spiro atoms. The van der Waals surface area contributed by atoms with Gasteiger partial charge in [0, 0.05) is 47.2 Å². The summed E-state index contributed by atoms with van der Waals surface area (Å²) in [6.45, 7) is 5.47. The normalized spacial score (nSPS) is 18.8. The maximum atomic E-state index is 9.61. The van der Waals surface area contributed by atoms with Gasteiger partial charge >= 0.3 is 0 Å². The molecular formula is C25H27N3O2. The lowest BCUT2D eigenvalue weighted by Gasteiger charge is -2.36. The fraction of sp³-hybridized carbons (Fsp3) is 0.400. The topological polar surface area (TPSA) is 73.2 Å². The number of hydrogen-bond donors (Lipinski definition) is 1. The van der Waals surface area contributed by atoms with Crippen molar-refractivity contribution in [2.45, 2.75) is 51.4 Å². The summed E-state index contributed by atoms with van der Waals surface area (Å²) in [5.74, 6) is -0.364. The Bertz CT molecular complexity index is 1160. The standard InChI is InChI=1S/C25H27N3O2/c1-16-12-24-21(13-18(16)14-26)22(20-4-3-5-23(27)17(20)2)15-28(24)19-6-8-25(9-7-19)29-10-11-30-25/h3-5,12-13,15,19H,6-11,27H2,1-2H3. The van der Waals surface area contributed by atoms with Gasteiger partial charge in [0.1, 0.15) is 0 Å². The highest BCUT2D eigenvalue weighted by Gasteiger charge is 2.41. The van der Waals surface area contributed by atoms with E-state index in [0.29, 0.717) is 19.3 Å². The Kier molecular flexibility index (Phi) is 4.57. The van der Waals surface area contributed by atoms with E-state index in [0.717, 1.165) is 64.6 Å². The molecule has 1 aliphatic carbocycles. The number of benzene rings is 2. The molecule has 2 fully saturated rings. The lowest BCUT2D eigenvalue weighted by atomic mass is 9.89. The molecule has 2 heterocycles. The van der Waals surface area contributed by atoms with Crippen LogP contribution in [0.4, 0.5) is 5.69 Å². The summed E-state index contributed by atoms with van der Waals surface area (Å²) < 4.78 is 14.3. The highest BCUT2D eigenvalue weighted by atomic mass is 16.7. The fourth-order valence-corrected chi connectivity index (χ4v) is 5.09. The lowest BCUT2D eigenvalue weighted by Crippen LogP contribution is -2.35. The first kappa shape index (κ1) is 19.2. The largest absolute Gasteiger partial charge is 0.398 e. The van der Waals surface area contributed by atoms with Crippen LogP contribution in [0, 0.1) is 25.2 Å². The van der Waals surface area contributed by atoms with Gasteiger partial charge in [-0.2, -0.15) is 5.26 Å². The number of anilines is 1. The molecule has 5 heteroatoms. The van der Waals surface area contributed by atoms with Crippen LogP contribution in [0.2, 0.25) is 0 Å². The van der Waals surface area contributed by atoms with Gasteiger partial charge in [-0.3, -0.25) is 0 Å². The average Bonchev–Trinajstić information content (AvgIpc) is 3.35. The second kappa shape index (κ2) is 7.16. The first-order chi connectivity index (χ1) is 14.5. The van der Waals surface area contributed by atoms with Crippen molar-refractivity contribution in [1.82, 2.24) is 4.57 Å². The number of fused-ring (bicyclic) bond motifs is 1. The van der Waals surface area contributed by atoms with Crippen molar-refractivity contribution in [3.8, 4) is 17.2 Å². The van der Waals surface area contributed by atoms with E-state index >= 15 is 0 Å². The molecule has 0 amide bonds. The Morgan fingerprint density at radius 3 is 2.53 bits per heavy atom. The zero-order valence-electron chi connectivity index (χ0n) is 17.6. The molecule has 0 atom stereocenters. The van der Waals surface area contributed by atoms with Gasteiger partial charge in [0.2, 0.25) is 0 Å². The minimum absolute atomic E-state index is 0.364. The SMILES string of the molecule is Cc1cc2c(cc1C#N)c(-c1cccc(N)c1C)cn2C1CCC2(CC1)OCCO2. The van der Waals surface area contributed by atoms with Crippen LogP contribution >= 0.6 is 0 Å². The molecular weight excluding hydrogens is 374 g/mol. The van der Waals surface area contributed by atoms with Crippen LogP contribution in [0.5, 0.6) is 0 Å². The number of ether oxygens (including phenoxy) is 2.